The van der Waals surface area contributed by atoms with Gasteiger partial charge in [-0.1, -0.05) is 57.0 Å². The summed E-state index contributed by atoms with van der Waals surface area (Å²) in [6.45, 7) is 5.16. The number of hydrogen-bond donors (Lipinski definition) is 1. The first-order valence-electron chi connectivity index (χ1n) is 7.17. The van der Waals surface area contributed by atoms with Crippen LogP contribution in [0.2, 0.25) is 0 Å². The van der Waals surface area contributed by atoms with Crippen molar-refractivity contribution in [1.82, 2.24) is 5.32 Å². The van der Waals surface area contributed by atoms with Gasteiger partial charge in [0.15, 0.2) is 0 Å². The third-order valence-corrected chi connectivity index (χ3v) is 3.56. The van der Waals surface area contributed by atoms with Crippen LogP contribution in [-0.4, -0.2) is 18.2 Å². The zero-order chi connectivity index (χ0) is 12.8. The average Bonchev–Trinajstić information content (AvgIpc) is 2.38. The van der Waals surface area contributed by atoms with Crippen molar-refractivity contribution in [2.45, 2.75) is 64.3 Å². The molecule has 2 atom stereocenters. The highest BCUT2D eigenvalue weighted by Crippen LogP contribution is 2.22. The molecule has 2 heteroatoms. The molecular formula is C16H25NO. The molecule has 0 radical (unpaired) electrons. The first kappa shape index (κ1) is 13.6. The Morgan fingerprint density at radius 3 is 2.61 bits per heavy atom. The van der Waals surface area contributed by atoms with Crippen molar-refractivity contribution < 1.29 is 4.74 Å². The summed E-state index contributed by atoms with van der Waals surface area (Å²) in [5.74, 6) is 0. The van der Waals surface area contributed by atoms with Gasteiger partial charge >= 0.3 is 0 Å². The van der Waals surface area contributed by atoms with E-state index in [2.05, 4.69) is 43.4 Å². The molecule has 0 heterocycles. The summed E-state index contributed by atoms with van der Waals surface area (Å²) in [4.78, 5) is 0. The Labute approximate surface area is 111 Å². The van der Waals surface area contributed by atoms with Crippen LogP contribution >= 0.6 is 0 Å². The summed E-state index contributed by atoms with van der Waals surface area (Å²) >= 11 is 0. The minimum Gasteiger partial charge on any atom is -0.372 e. The highest BCUT2D eigenvalue weighted by molar-refractivity contribution is 5.13. The molecule has 1 N–H and O–H groups in total. The summed E-state index contributed by atoms with van der Waals surface area (Å²) in [6.07, 6.45) is 5.45. The van der Waals surface area contributed by atoms with E-state index in [1.807, 2.05) is 6.07 Å². The predicted molar refractivity (Wildman–Crippen MR) is 75.5 cm³/mol. The fraction of sp³-hybridized carbons (Fsp3) is 0.625. The Morgan fingerprint density at radius 1 is 1.17 bits per heavy atom. The minimum atomic E-state index is 0.376. The lowest BCUT2D eigenvalue weighted by Gasteiger charge is -2.33. The summed E-state index contributed by atoms with van der Waals surface area (Å²) in [6, 6.07) is 11.5. The molecule has 1 aliphatic carbocycles. The van der Waals surface area contributed by atoms with E-state index in [4.69, 9.17) is 4.74 Å². The van der Waals surface area contributed by atoms with Gasteiger partial charge in [0.1, 0.15) is 0 Å². The number of nitrogens with one attached hydrogen (secondary N) is 1. The van der Waals surface area contributed by atoms with E-state index in [9.17, 15) is 0 Å². The molecule has 2 unspecified atom stereocenters. The van der Waals surface area contributed by atoms with Crippen LogP contribution in [0.25, 0.3) is 0 Å². The van der Waals surface area contributed by atoms with Crippen LogP contribution in [-0.2, 0) is 11.3 Å². The third-order valence-electron chi connectivity index (χ3n) is 3.56. The van der Waals surface area contributed by atoms with E-state index in [1.165, 1.54) is 31.2 Å². The number of rotatable bonds is 5. The Hall–Kier alpha value is -0.860. The van der Waals surface area contributed by atoms with Crippen molar-refractivity contribution in [3.05, 3.63) is 35.9 Å². The molecule has 0 spiro atoms. The molecule has 0 saturated heterocycles. The van der Waals surface area contributed by atoms with E-state index < -0.39 is 0 Å². The molecule has 18 heavy (non-hydrogen) atoms. The summed E-state index contributed by atoms with van der Waals surface area (Å²) in [5.41, 5.74) is 1.27. The topological polar surface area (TPSA) is 21.3 Å². The Bertz CT molecular complexity index is 336. The van der Waals surface area contributed by atoms with Gasteiger partial charge in [0, 0.05) is 12.1 Å². The van der Waals surface area contributed by atoms with Crippen molar-refractivity contribution >= 4 is 0 Å². The highest BCUT2D eigenvalue weighted by atomic mass is 16.5. The molecule has 1 aliphatic rings. The van der Waals surface area contributed by atoms with Crippen molar-refractivity contribution in [2.75, 3.05) is 0 Å². The lowest BCUT2D eigenvalue weighted by molar-refractivity contribution is -0.00741. The molecule has 2 nitrogen and oxygen atoms in total. The smallest absolute Gasteiger partial charge is 0.0732 e. The molecule has 1 saturated carbocycles. The highest BCUT2D eigenvalue weighted by Gasteiger charge is 2.25. The van der Waals surface area contributed by atoms with Crippen molar-refractivity contribution in [3.63, 3.8) is 0 Å². The number of benzene rings is 1. The van der Waals surface area contributed by atoms with Gasteiger partial charge in [-0.25, -0.2) is 0 Å². The minimum absolute atomic E-state index is 0.376. The van der Waals surface area contributed by atoms with Gasteiger partial charge in [0.05, 0.1) is 12.7 Å². The summed E-state index contributed by atoms with van der Waals surface area (Å²) in [5, 5.41) is 3.64. The normalized spacial score (nSPS) is 24.4. The van der Waals surface area contributed by atoms with Crippen molar-refractivity contribution in [2.24, 2.45) is 0 Å². The maximum absolute atomic E-state index is 6.12. The van der Waals surface area contributed by atoms with E-state index in [-0.39, 0.29) is 0 Å². The first-order chi connectivity index (χ1) is 8.75. The Morgan fingerprint density at radius 2 is 1.89 bits per heavy atom. The van der Waals surface area contributed by atoms with Gasteiger partial charge in [-0.3, -0.25) is 0 Å². The maximum Gasteiger partial charge on any atom is 0.0732 e. The molecular weight excluding hydrogens is 222 g/mol. The van der Waals surface area contributed by atoms with E-state index >= 15 is 0 Å². The summed E-state index contributed by atoms with van der Waals surface area (Å²) < 4.78 is 6.12. The number of hydrogen-bond acceptors (Lipinski definition) is 2. The van der Waals surface area contributed by atoms with E-state index in [1.54, 1.807) is 0 Å². The zero-order valence-electron chi connectivity index (χ0n) is 11.6. The van der Waals surface area contributed by atoms with Gasteiger partial charge in [0.25, 0.3) is 0 Å². The van der Waals surface area contributed by atoms with Crippen molar-refractivity contribution in [1.29, 1.82) is 0 Å². The van der Waals surface area contributed by atoms with Crippen LogP contribution in [0.15, 0.2) is 30.3 Å². The molecule has 1 aromatic carbocycles. The lowest BCUT2D eigenvalue weighted by Crippen LogP contribution is -2.46. The molecule has 2 rings (SSSR count). The number of ether oxygens (including phenoxy) is 1. The second-order valence-corrected chi connectivity index (χ2v) is 5.55. The van der Waals surface area contributed by atoms with E-state index in [0.29, 0.717) is 18.2 Å². The van der Waals surface area contributed by atoms with Gasteiger partial charge in [0.2, 0.25) is 0 Å². The lowest BCUT2D eigenvalue weighted by atomic mass is 9.92. The largest absolute Gasteiger partial charge is 0.372 e. The monoisotopic (exact) mass is 247 g/mol. The first-order valence-corrected chi connectivity index (χ1v) is 7.17. The van der Waals surface area contributed by atoms with Gasteiger partial charge < -0.3 is 10.1 Å². The maximum atomic E-state index is 6.12. The second-order valence-electron chi connectivity index (χ2n) is 5.55. The molecule has 1 fully saturated rings. The molecule has 0 aromatic heterocycles. The zero-order valence-corrected chi connectivity index (χ0v) is 11.6. The van der Waals surface area contributed by atoms with Crippen LogP contribution in [0, 0.1) is 0 Å². The fourth-order valence-electron chi connectivity index (χ4n) is 2.69. The molecule has 0 aliphatic heterocycles. The van der Waals surface area contributed by atoms with Crippen LogP contribution < -0.4 is 5.32 Å². The van der Waals surface area contributed by atoms with Crippen LogP contribution in [0.1, 0.15) is 45.1 Å². The predicted octanol–water partition coefficient (Wildman–Crippen LogP) is 3.51. The summed E-state index contributed by atoms with van der Waals surface area (Å²) in [7, 11) is 0. The second kappa shape index (κ2) is 6.91. The van der Waals surface area contributed by atoms with Gasteiger partial charge in [-0.2, -0.15) is 0 Å². The molecule has 0 bridgehead atoms. The standard InChI is InChI=1S/C16H25NO/c1-13(2)17-15-10-6-7-11-16(15)18-12-14-8-4-3-5-9-14/h3-5,8-9,13,15-17H,6-7,10-12H2,1-2H3. The van der Waals surface area contributed by atoms with Crippen molar-refractivity contribution in [3.8, 4) is 0 Å². The molecule has 0 amide bonds. The molecule has 1 aromatic rings. The SMILES string of the molecule is CC(C)NC1CCCCC1OCc1ccccc1. The third kappa shape index (κ3) is 4.11. The average molecular weight is 247 g/mol. The Kier molecular flexibility index (Phi) is 5.21. The Balaban J connectivity index is 1.85. The van der Waals surface area contributed by atoms with Crippen LogP contribution in [0.5, 0.6) is 0 Å². The van der Waals surface area contributed by atoms with E-state index in [0.717, 1.165) is 6.61 Å². The van der Waals surface area contributed by atoms with Gasteiger partial charge in [-0.05, 0) is 18.4 Å². The van der Waals surface area contributed by atoms with Crippen LogP contribution in [0.3, 0.4) is 0 Å². The quantitative estimate of drug-likeness (QED) is 0.859. The van der Waals surface area contributed by atoms with Crippen LogP contribution in [0.4, 0.5) is 0 Å². The van der Waals surface area contributed by atoms with Gasteiger partial charge in [-0.15, -0.1) is 0 Å². The fourth-order valence-corrected chi connectivity index (χ4v) is 2.69. The molecule has 100 valence electrons.